The molecule has 5 N–H and O–H groups in total. The molecule has 0 saturated carbocycles. The van der Waals surface area contributed by atoms with Crippen LogP contribution in [-0.2, 0) is 26.7 Å². The molecule has 0 aliphatic carbocycles. The summed E-state index contributed by atoms with van der Waals surface area (Å²) in [6, 6.07) is 0. The second-order valence-electron chi connectivity index (χ2n) is 0.610. The van der Waals surface area contributed by atoms with E-state index >= 15 is 0 Å². The maximum Gasteiger partial charge on any atom is 0.414 e. The molecule has 0 atom stereocenters. The fourth-order valence-electron chi connectivity index (χ4n) is 0. The largest absolute Gasteiger partial charge is 0.473 e. The van der Waals surface area contributed by atoms with E-state index in [0.717, 1.165) is 0 Å². The van der Waals surface area contributed by atoms with Gasteiger partial charge in [-0.2, -0.15) is 0 Å². The van der Waals surface area contributed by atoms with Crippen LogP contribution >= 0.6 is 0 Å². The van der Waals surface area contributed by atoms with Gasteiger partial charge in [-0.1, -0.05) is 0 Å². The molecule has 0 amide bonds. The second kappa shape index (κ2) is 6.42. The summed E-state index contributed by atoms with van der Waals surface area (Å²) in [7, 11) is 0. The van der Waals surface area contributed by atoms with Gasteiger partial charge >= 0.3 is 11.9 Å². The summed E-state index contributed by atoms with van der Waals surface area (Å²) in [5.41, 5.74) is 0. The van der Waals surface area contributed by atoms with Crippen LogP contribution in [0.25, 0.3) is 0 Å². The van der Waals surface area contributed by atoms with E-state index in [0.29, 0.717) is 0 Å². The standard InChI is InChI=1S/C2H2O4.Fe.H3N/c3-1(4)2(5)6;;/h(H,3,4)(H,5,6);;1H3. The van der Waals surface area contributed by atoms with Crippen LogP contribution in [0.4, 0.5) is 0 Å². The van der Waals surface area contributed by atoms with Gasteiger partial charge in [-0.15, -0.1) is 0 Å². The third-order valence-electron chi connectivity index (χ3n) is 0.183. The van der Waals surface area contributed by atoms with Gasteiger partial charge in [0.1, 0.15) is 0 Å². The Balaban J connectivity index is -0.000000125. The summed E-state index contributed by atoms with van der Waals surface area (Å²) < 4.78 is 0. The van der Waals surface area contributed by atoms with Crippen LogP contribution in [0.2, 0.25) is 0 Å². The number of hydrogen-bond donors (Lipinski definition) is 3. The third-order valence-corrected chi connectivity index (χ3v) is 0.183. The van der Waals surface area contributed by atoms with Crippen molar-refractivity contribution in [2.24, 2.45) is 0 Å². The van der Waals surface area contributed by atoms with Crippen molar-refractivity contribution in [3.8, 4) is 0 Å². The Morgan fingerprint density at radius 1 is 1.00 bits per heavy atom. The van der Waals surface area contributed by atoms with Crippen molar-refractivity contribution in [2.75, 3.05) is 0 Å². The Morgan fingerprint density at radius 2 is 1.12 bits per heavy atom. The second-order valence-corrected chi connectivity index (χ2v) is 0.610. The van der Waals surface area contributed by atoms with E-state index in [-0.39, 0.29) is 23.2 Å². The average molecular weight is 163 g/mol. The topological polar surface area (TPSA) is 110 Å². The number of rotatable bonds is 0. The van der Waals surface area contributed by atoms with Gasteiger partial charge in [0.25, 0.3) is 0 Å². The first-order valence-corrected chi connectivity index (χ1v) is 1.11. The molecule has 0 spiro atoms. The molecule has 0 unspecified atom stereocenters. The molecule has 0 aliphatic rings. The van der Waals surface area contributed by atoms with Crippen LogP contribution in [0.15, 0.2) is 0 Å². The molecule has 0 bridgehead atoms. The average Bonchev–Trinajstić information content (AvgIpc) is 1.36. The minimum Gasteiger partial charge on any atom is -0.473 e. The van der Waals surface area contributed by atoms with Crippen molar-refractivity contribution in [1.82, 2.24) is 6.15 Å². The van der Waals surface area contributed by atoms with Gasteiger partial charge in [0, 0.05) is 17.1 Å². The predicted molar refractivity (Wildman–Crippen MR) is 20.3 cm³/mol. The van der Waals surface area contributed by atoms with Gasteiger partial charge in [-0.05, 0) is 0 Å². The fourth-order valence-corrected chi connectivity index (χ4v) is 0. The van der Waals surface area contributed by atoms with E-state index < -0.39 is 11.9 Å². The van der Waals surface area contributed by atoms with E-state index in [1.165, 1.54) is 0 Å². The molecule has 50 valence electrons. The SMILES string of the molecule is N.O=C(O)C(=O)O.[Fe]. The van der Waals surface area contributed by atoms with Gasteiger partial charge in [0.15, 0.2) is 0 Å². The molecule has 0 rings (SSSR count). The van der Waals surface area contributed by atoms with Gasteiger partial charge in [0.2, 0.25) is 0 Å². The molecular formula is C2H5FeNO4. The molecule has 0 aromatic rings. The van der Waals surface area contributed by atoms with Crippen LogP contribution in [-0.4, -0.2) is 22.2 Å². The van der Waals surface area contributed by atoms with Crippen LogP contribution in [0, 0.1) is 0 Å². The molecule has 0 aromatic carbocycles. The first-order valence-electron chi connectivity index (χ1n) is 1.11. The molecular weight excluding hydrogens is 158 g/mol. The summed E-state index contributed by atoms with van der Waals surface area (Å²) in [6.07, 6.45) is 0. The Morgan fingerprint density at radius 3 is 1.12 bits per heavy atom. The zero-order chi connectivity index (χ0) is 5.15. The molecule has 0 aliphatic heterocycles. The van der Waals surface area contributed by atoms with Gasteiger partial charge in [0.05, 0.1) is 0 Å². The third kappa shape index (κ3) is 9.05. The van der Waals surface area contributed by atoms with Gasteiger partial charge in [-0.3, -0.25) is 0 Å². The number of carbonyl (C=O) groups is 2. The van der Waals surface area contributed by atoms with Crippen molar-refractivity contribution >= 4 is 11.9 Å². The Labute approximate surface area is 55.7 Å². The van der Waals surface area contributed by atoms with E-state index in [4.69, 9.17) is 19.8 Å². The number of carboxylic acids is 2. The maximum atomic E-state index is 9.10. The van der Waals surface area contributed by atoms with Crippen molar-refractivity contribution in [3.63, 3.8) is 0 Å². The molecule has 5 nitrogen and oxygen atoms in total. The molecule has 0 heterocycles. The minimum atomic E-state index is -1.82. The smallest absolute Gasteiger partial charge is 0.414 e. The van der Waals surface area contributed by atoms with Crippen molar-refractivity contribution in [3.05, 3.63) is 0 Å². The van der Waals surface area contributed by atoms with Crippen LogP contribution in [0.1, 0.15) is 0 Å². The molecule has 0 saturated heterocycles. The Hall–Kier alpha value is -0.581. The monoisotopic (exact) mass is 163 g/mol. The molecule has 0 fully saturated rings. The minimum absolute atomic E-state index is 0. The zero-order valence-corrected chi connectivity index (χ0v) is 4.88. The quantitative estimate of drug-likeness (QED) is 0.323. The molecule has 6 heteroatoms. The van der Waals surface area contributed by atoms with Gasteiger partial charge in [-0.25, -0.2) is 9.59 Å². The van der Waals surface area contributed by atoms with Crippen molar-refractivity contribution in [1.29, 1.82) is 0 Å². The summed E-state index contributed by atoms with van der Waals surface area (Å²) in [5, 5.41) is 14.8. The summed E-state index contributed by atoms with van der Waals surface area (Å²) in [4.78, 5) is 18.2. The Bertz CT molecular complexity index is 80.0. The molecule has 8 heavy (non-hydrogen) atoms. The zero-order valence-electron chi connectivity index (χ0n) is 3.77. The normalized spacial score (nSPS) is 5.50. The van der Waals surface area contributed by atoms with E-state index in [1.54, 1.807) is 0 Å². The summed E-state index contributed by atoms with van der Waals surface area (Å²) in [6.45, 7) is 0. The van der Waals surface area contributed by atoms with E-state index in [1.807, 2.05) is 0 Å². The number of aliphatic carboxylic acids is 2. The fraction of sp³-hybridized carbons (Fsp3) is 0. The maximum absolute atomic E-state index is 9.10. The summed E-state index contributed by atoms with van der Waals surface area (Å²) >= 11 is 0. The predicted octanol–water partition coefficient (Wildman–Crippen LogP) is -0.685. The van der Waals surface area contributed by atoms with Crippen LogP contribution < -0.4 is 6.15 Å². The van der Waals surface area contributed by atoms with E-state index in [2.05, 4.69) is 0 Å². The van der Waals surface area contributed by atoms with E-state index in [9.17, 15) is 0 Å². The van der Waals surface area contributed by atoms with Gasteiger partial charge < -0.3 is 16.4 Å². The van der Waals surface area contributed by atoms with Crippen molar-refractivity contribution in [2.45, 2.75) is 0 Å². The first-order chi connectivity index (χ1) is 2.64. The van der Waals surface area contributed by atoms with Crippen LogP contribution in [0.5, 0.6) is 0 Å². The first kappa shape index (κ1) is 15.7. The molecule has 0 radical (unpaired) electrons. The van der Waals surface area contributed by atoms with Crippen LogP contribution in [0.3, 0.4) is 0 Å². The number of carboxylic acid groups (broad SMARTS) is 2. The Kier molecular flexibility index (Phi) is 12.6. The van der Waals surface area contributed by atoms with Crippen molar-refractivity contribution < 1.29 is 36.9 Å². The molecule has 0 aromatic heterocycles. The number of hydrogen-bond acceptors (Lipinski definition) is 3. The summed E-state index contributed by atoms with van der Waals surface area (Å²) in [5.74, 6) is -3.65.